The van der Waals surface area contributed by atoms with Crippen molar-refractivity contribution in [3.05, 3.63) is 35.6 Å². The molecule has 1 saturated heterocycles. The first-order chi connectivity index (χ1) is 10.8. The molecule has 7 heteroatoms. The molecule has 1 aliphatic heterocycles. The van der Waals surface area contributed by atoms with Gasteiger partial charge in [-0.05, 0) is 27.1 Å². The van der Waals surface area contributed by atoms with Crippen LogP contribution in [0.3, 0.4) is 0 Å². The van der Waals surface area contributed by atoms with Crippen LogP contribution in [0.1, 0.15) is 18.9 Å². The van der Waals surface area contributed by atoms with Crippen molar-refractivity contribution >= 4 is 17.7 Å². The van der Waals surface area contributed by atoms with Gasteiger partial charge in [0.15, 0.2) is 0 Å². The van der Waals surface area contributed by atoms with E-state index in [1.807, 2.05) is 0 Å². The summed E-state index contributed by atoms with van der Waals surface area (Å²) in [7, 11) is 3.42. The summed E-state index contributed by atoms with van der Waals surface area (Å²) in [6.07, 6.45) is 0.0662. The Balaban J connectivity index is 2.01. The largest absolute Gasteiger partial charge is 0.350 e. The molecule has 1 aromatic rings. The quantitative estimate of drug-likeness (QED) is 0.803. The third-order valence-corrected chi connectivity index (χ3v) is 3.96. The Kier molecular flexibility index (Phi) is 5.10. The highest BCUT2D eigenvalue weighted by Gasteiger charge is 2.43. The number of carbonyl (C=O) groups excluding carboxylic acids is 3. The molecule has 23 heavy (non-hydrogen) atoms. The molecule has 1 aliphatic rings. The molecule has 1 aromatic carbocycles. The molecule has 1 heterocycles. The van der Waals surface area contributed by atoms with Gasteiger partial charge in [0.2, 0.25) is 17.7 Å². The fourth-order valence-electron chi connectivity index (χ4n) is 2.53. The summed E-state index contributed by atoms with van der Waals surface area (Å²) < 4.78 is 13.5. The summed E-state index contributed by atoms with van der Waals surface area (Å²) in [4.78, 5) is 39.1. The molecule has 6 nitrogen and oxygen atoms in total. The Morgan fingerprint density at radius 2 is 2.04 bits per heavy atom. The van der Waals surface area contributed by atoms with Gasteiger partial charge in [0.1, 0.15) is 11.9 Å². The van der Waals surface area contributed by atoms with Gasteiger partial charge in [0, 0.05) is 12.1 Å². The minimum atomic E-state index is -0.924. The minimum absolute atomic E-state index is 0.00315. The fraction of sp³-hybridized carbons (Fsp3) is 0.438. The summed E-state index contributed by atoms with van der Waals surface area (Å²) in [6.45, 7) is 1.49. The van der Waals surface area contributed by atoms with Gasteiger partial charge in [-0.25, -0.2) is 4.39 Å². The van der Waals surface area contributed by atoms with Gasteiger partial charge in [-0.15, -0.1) is 0 Å². The molecule has 2 atom stereocenters. The van der Waals surface area contributed by atoms with E-state index >= 15 is 0 Å². The molecule has 0 unspecified atom stereocenters. The Bertz CT molecular complexity index is 633. The molecule has 0 bridgehead atoms. The SMILES string of the molecule is C[C@H](C(=O)NCc1ccccc1F)N1C(=O)C[C@@H](N(C)C)C1=O. The number of nitrogens with zero attached hydrogens (tertiary/aromatic N) is 2. The molecule has 0 spiro atoms. The number of hydrogen-bond acceptors (Lipinski definition) is 4. The second-order valence-electron chi connectivity index (χ2n) is 5.77. The van der Waals surface area contributed by atoms with Crippen LogP contribution in [-0.4, -0.2) is 53.7 Å². The molecule has 0 saturated carbocycles. The van der Waals surface area contributed by atoms with Crippen LogP contribution in [0.4, 0.5) is 4.39 Å². The zero-order chi connectivity index (χ0) is 17.1. The molecular weight excluding hydrogens is 301 g/mol. The predicted octanol–water partition coefficient (Wildman–Crippen LogP) is 0.520. The Hall–Kier alpha value is -2.28. The summed E-state index contributed by atoms with van der Waals surface area (Å²) >= 11 is 0. The number of carbonyl (C=O) groups is 3. The number of amides is 3. The van der Waals surface area contributed by atoms with Crippen LogP contribution in [0, 0.1) is 5.82 Å². The number of halogens is 1. The second-order valence-corrected chi connectivity index (χ2v) is 5.77. The normalized spacial score (nSPS) is 19.3. The number of nitrogens with one attached hydrogen (secondary N) is 1. The van der Waals surface area contributed by atoms with Gasteiger partial charge in [0.25, 0.3) is 0 Å². The molecule has 3 amide bonds. The number of likely N-dealkylation sites (N-methyl/N-ethyl adjacent to an activating group) is 1. The van der Waals surface area contributed by atoms with E-state index in [-0.39, 0.29) is 24.8 Å². The second kappa shape index (κ2) is 6.87. The number of likely N-dealkylation sites (tertiary alicyclic amines) is 1. The van der Waals surface area contributed by atoms with E-state index in [1.165, 1.54) is 13.0 Å². The van der Waals surface area contributed by atoms with Crippen LogP contribution in [-0.2, 0) is 20.9 Å². The van der Waals surface area contributed by atoms with Crippen molar-refractivity contribution in [3.8, 4) is 0 Å². The molecule has 0 aliphatic carbocycles. The maximum Gasteiger partial charge on any atom is 0.247 e. The first kappa shape index (κ1) is 17.1. The number of benzene rings is 1. The summed E-state index contributed by atoms with van der Waals surface area (Å²) in [5, 5.41) is 2.56. The van der Waals surface area contributed by atoms with Gasteiger partial charge < -0.3 is 5.32 Å². The van der Waals surface area contributed by atoms with Crippen molar-refractivity contribution < 1.29 is 18.8 Å². The van der Waals surface area contributed by atoms with Gasteiger partial charge in [-0.3, -0.25) is 24.2 Å². The Morgan fingerprint density at radius 1 is 1.39 bits per heavy atom. The van der Waals surface area contributed by atoms with Gasteiger partial charge >= 0.3 is 0 Å². The summed E-state index contributed by atoms with van der Waals surface area (Å²) in [5.41, 5.74) is 0.346. The van der Waals surface area contributed by atoms with Crippen molar-refractivity contribution in [3.63, 3.8) is 0 Å². The zero-order valence-electron chi connectivity index (χ0n) is 13.4. The first-order valence-corrected chi connectivity index (χ1v) is 7.36. The molecule has 1 N–H and O–H groups in total. The fourth-order valence-corrected chi connectivity index (χ4v) is 2.53. The Labute approximate surface area is 134 Å². The maximum absolute atomic E-state index is 13.5. The number of imide groups is 1. The van der Waals surface area contributed by atoms with Crippen molar-refractivity contribution in [2.45, 2.75) is 32.0 Å². The summed E-state index contributed by atoms with van der Waals surface area (Å²) in [5.74, 6) is -1.66. The molecule has 124 valence electrons. The highest BCUT2D eigenvalue weighted by Crippen LogP contribution is 2.19. The van der Waals surface area contributed by atoms with Gasteiger partial charge in [-0.1, -0.05) is 18.2 Å². The van der Waals surface area contributed by atoms with Crippen molar-refractivity contribution in [2.24, 2.45) is 0 Å². The van der Waals surface area contributed by atoms with Crippen LogP contribution in [0.25, 0.3) is 0 Å². The van der Waals surface area contributed by atoms with E-state index in [0.717, 1.165) is 4.90 Å². The molecule has 2 rings (SSSR count). The lowest BCUT2D eigenvalue weighted by atomic mass is 10.2. The molecular formula is C16H20FN3O3. The van der Waals surface area contributed by atoms with E-state index in [4.69, 9.17) is 0 Å². The molecule has 0 aromatic heterocycles. The maximum atomic E-state index is 13.5. The zero-order valence-corrected chi connectivity index (χ0v) is 13.4. The number of hydrogen-bond donors (Lipinski definition) is 1. The lowest BCUT2D eigenvalue weighted by molar-refractivity contribution is -0.147. The third-order valence-electron chi connectivity index (χ3n) is 3.96. The van der Waals surface area contributed by atoms with E-state index in [2.05, 4.69) is 5.32 Å². The van der Waals surface area contributed by atoms with Crippen molar-refractivity contribution in [2.75, 3.05) is 14.1 Å². The van der Waals surface area contributed by atoms with Crippen molar-refractivity contribution in [1.29, 1.82) is 0 Å². The van der Waals surface area contributed by atoms with Crippen LogP contribution in [0.5, 0.6) is 0 Å². The Morgan fingerprint density at radius 3 is 2.61 bits per heavy atom. The lowest BCUT2D eigenvalue weighted by Crippen LogP contribution is -2.49. The standard InChI is InChI=1S/C16H20FN3O3/c1-10(20-14(21)8-13(16(20)23)19(2)3)15(22)18-9-11-6-4-5-7-12(11)17/h4-7,10,13H,8-9H2,1-3H3,(H,18,22)/t10-,13-/m1/s1. The highest BCUT2D eigenvalue weighted by atomic mass is 19.1. The van der Waals surface area contributed by atoms with Crippen LogP contribution in [0.15, 0.2) is 24.3 Å². The van der Waals surface area contributed by atoms with Gasteiger partial charge in [0.05, 0.1) is 12.5 Å². The topological polar surface area (TPSA) is 69.7 Å². The van der Waals surface area contributed by atoms with Gasteiger partial charge in [-0.2, -0.15) is 0 Å². The van der Waals surface area contributed by atoms with E-state index in [9.17, 15) is 18.8 Å². The predicted molar refractivity (Wildman–Crippen MR) is 81.7 cm³/mol. The van der Waals surface area contributed by atoms with Crippen LogP contribution < -0.4 is 5.32 Å². The molecule has 0 radical (unpaired) electrons. The monoisotopic (exact) mass is 321 g/mol. The smallest absolute Gasteiger partial charge is 0.247 e. The average Bonchev–Trinajstić information content (AvgIpc) is 2.80. The number of rotatable bonds is 5. The van der Waals surface area contributed by atoms with Crippen LogP contribution >= 0.6 is 0 Å². The van der Waals surface area contributed by atoms with E-state index in [0.29, 0.717) is 5.56 Å². The van der Waals surface area contributed by atoms with Crippen LogP contribution in [0.2, 0.25) is 0 Å². The third kappa shape index (κ3) is 3.56. The highest BCUT2D eigenvalue weighted by molar-refractivity contribution is 6.08. The lowest BCUT2D eigenvalue weighted by Gasteiger charge is -2.23. The summed E-state index contributed by atoms with van der Waals surface area (Å²) in [6, 6.07) is 4.64. The minimum Gasteiger partial charge on any atom is -0.350 e. The van der Waals surface area contributed by atoms with Crippen molar-refractivity contribution in [1.82, 2.24) is 15.1 Å². The molecule has 1 fully saturated rings. The average molecular weight is 321 g/mol. The first-order valence-electron chi connectivity index (χ1n) is 7.36. The van der Waals surface area contributed by atoms with E-state index < -0.39 is 23.8 Å². The van der Waals surface area contributed by atoms with E-state index in [1.54, 1.807) is 37.2 Å².